The SMILES string of the molecule is CNC(=O)CCCN(CCCN)c1ccc(C)cc1. The lowest BCUT2D eigenvalue weighted by molar-refractivity contribution is -0.120. The number of carbonyl (C=O) groups excluding carboxylic acids is 1. The molecule has 0 aliphatic heterocycles. The highest BCUT2D eigenvalue weighted by Crippen LogP contribution is 2.16. The number of hydrogen-bond acceptors (Lipinski definition) is 3. The quantitative estimate of drug-likeness (QED) is 0.750. The van der Waals surface area contributed by atoms with Crippen LogP contribution in [-0.4, -0.2) is 32.6 Å². The van der Waals surface area contributed by atoms with E-state index < -0.39 is 0 Å². The fraction of sp³-hybridized carbons (Fsp3) is 0.533. The summed E-state index contributed by atoms with van der Waals surface area (Å²) in [6.45, 7) is 4.60. The standard InChI is InChI=1S/C15H25N3O/c1-13-6-8-14(9-7-13)18(12-4-10-16)11-3-5-15(19)17-2/h6-9H,3-5,10-12,16H2,1-2H3,(H,17,19). The first-order valence-electron chi connectivity index (χ1n) is 6.89. The Labute approximate surface area is 116 Å². The van der Waals surface area contributed by atoms with Crippen molar-refractivity contribution >= 4 is 11.6 Å². The lowest BCUT2D eigenvalue weighted by Gasteiger charge is -2.24. The van der Waals surface area contributed by atoms with Crippen LogP contribution in [0.15, 0.2) is 24.3 Å². The van der Waals surface area contributed by atoms with E-state index in [2.05, 4.69) is 41.4 Å². The van der Waals surface area contributed by atoms with Gasteiger partial charge in [-0.15, -0.1) is 0 Å². The monoisotopic (exact) mass is 263 g/mol. The highest BCUT2D eigenvalue weighted by Gasteiger charge is 2.07. The van der Waals surface area contributed by atoms with Crippen molar-refractivity contribution in [1.82, 2.24) is 5.32 Å². The molecule has 0 spiro atoms. The predicted octanol–water partition coefficient (Wildman–Crippen LogP) is 1.68. The van der Waals surface area contributed by atoms with Gasteiger partial charge in [-0.1, -0.05) is 17.7 Å². The van der Waals surface area contributed by atoms with E-state index in [9.17, 15) is 4.79 Å². The van der Waals surface area contributed by atoms with Crippen molar-refractivity contribution in [3.05, 3.63) is 29.8 Å². The highest BCUT2D eigenvalue weighted by molar-refractivity contribution is 5.75. The Bertz CT molecular complexity index is 375. The molecule has 3 N–H and O–H groups in total. The van der Waals surface area contributed by atoms with E-state index in [0.717, 1.165) is 25.9 Å². The summed E-state index contributed by atoms with van der Waals surface area (Å²) in [4.78, 5) is 13.5. The number of amides is 1. The number of carbonyl (C=O) groups is 1. The zero-order valence-electron chi connectivity index (χ0n) is 12.0. The van der Waals surface area contributed by atoms with Gasteiger partial charge < -0.3 is 16.0 Å². The van der Waals surface area contributed by atoms with Crippen LogP contribution in [0.2, 0.25) is 0 Å². The van der Waals surface area contributed by atoms with Gasteiger partial charge in [0, 0.05) is 32.2 Å². The lowest BCUT2D eigenvalue weighted by Crippen LogP contribution is -2.28. The van der Waals surface area contributed by atoms with Crippen molar-refractivity contribution in [3.8, 4) is 0 Å². The smallest absolute Gasteiger partial charge is 0.219 e. The fourth-order valence-corrected chi connectivity index (χ4v) is 1.96. The molecule has 0 aromatic heterocycles. The Morgan fingerprint density at radius 1 is 1.21 bits per heavy atom. The summed E-state index contributed by atoms with van der Waals surface area (Å²) < 4.78 is 0. The summed E-state index contributed by atoms with van der Waals surface area (Å²) in [6.07, 6.45) is 2.40. The number of nitrogens with one attached hydrogen (secondary N) is 1. The van der Waals surface area contributed by atoms with E-state index >= 15 is 0 Å². The van der Waals surface area contributed by atoms with Crippen LogP contribution in [0.1, 0.15) is 24.8 Å². The third-order valence-electron chi connectivity index (χ3n) is 3.14. The first kappa shape index (κ1) is 15.5. The van der Waals surface area contributed by atoms with Crippen molar-refractivity contribution in [3.63, 3.8) is 0 Å². The minimum Gasteiger partial charge on any atom is -0.371 e. The van der Waals surface area contributed by atoms with Crippen molar-refractivity contribution in [2.75, 3.05) is 31.6 Å². The van der Waals surface area contributed by atoms with Gasteiger partial charge in [-0.25, -0.2) is 0 Å². The number of anilines is 1. The topological polar surface area (TPSA) is 58.4 Å². The molecule has 19 heavy (non-hydrogen) atoms. The molecule has 0 heterocycles. The second kappa shape index (κ2) is 8.53. The molecule has 0 bridgehead atoms. The van der Waals surface area contributed by atoms with E-state index in [0.29, 0.717) is 13.0 Å². The second-order valence-electron chi connectivity index (χ2n) is 4.74. The maximum atomic E-state index is 11.2. The zero-order chi connectivity index (χ0) is 14.1. The summed E-state index contributed by atoms with van der Waals surface area (Å²) in [7, 11) is 1.68. The van der Waals surface area contributed by atoms with Crippen LogP contribution in [-0.2, 0) is 4.79 Å². The fourth-order valence-electron chi connectivity index (χ4n) is 1.96. The van der Waals surface area contributed by atoms with E-state index in [1.807, 2.05) is 0 Å². The molecule has 1 rings (SSSR count). The van der Waals surface area contributed by atoms with Crippen molar-refractivity contribution in [1.29, 1.82) is 0 Å². The molecule has 1 aromatic carbocycles. The number of nitrogens with zero attached hydrogens (tertiary/aromatic N) is 1. The number of hydrogen-bond donors (Lipinski definition) is 2. The third-order valence-corrected chi connectivity index (χ3v) is 3.14. The molecular weight excluding hydrogens is 238 g/mol. The molecule has 0 unspecified atom stereocenters. The van der Waals surface area contributed by atoms with Gasteiger partial charge in [0.25, 0.3) is 0 Å². The van der Waals surface area contributed by atoms with Gasteiger partial charge in [0.15, 0.2) is 0 Å². The van der Waals surface area contributed by atoms with Crippen molar-refractivity contribution in [2.45, 2.75) is 26.2 Å². The van der Waals surface area contributed by atoms with Gasteiger partial charge in [0.2, 0.25) is 5.91 Å². The summed E-state index contributed by atoms with van der Waals surface area (Å²) in [5, 5.41) is 2.65. The molecular formula is C15H25N3O. The van der Waals surface area contributed by atoms with Gasteiger partial charge in [-0.05, 0) is 38.4 Å². The van der Waals surface area contributed by atoms with E-state index in [4.69, 9.17) is 5.73 Å². The average Bonchev–Trinajstić information content (AvgIpc) is 2.43. The minimum atomic E-state index is 0.0997. The normalized spacial score (nSPS) is 10.3. The second-order valence-corrected chi connectivity index (χ2v) is 4.74. The summed E-state index contributed by atoms with van der Waals surface area (Å²) in [5.74, 6) is 0.0997. The Morgan fingerprint density at radius 2 is 1.84 bits per heavy atom. The van der Waals surface area contributed by atoms with Crippen molar-refractivity contribution < 1.29 is 4.79 Å². The Kier molecular flexibility index (Phi) is 6.97. The van der Waals surface area contributed by atoms with Gasteiger partial charge >= 0.3 is 0 Å². The number of nitrogens with two attached hydrogens (primary N) is 1. The maximum absolute atomic E-state index is 11.2. The molecule has 0 saturated heterocycles. The van der Waals surface area contributed by atoms with Gasteiger partial charge in [-0.3, -0.25) is 4.79 Å². The van der Waals surface area contributed by atoms with E-state index in [-0.39, 0.29) is 5.91 Å². The van der Waals surface area contributed by atoms with Crippen molar-refractivity contribution in [2.24, 2.45) is 5.73 Å². The lowest BCUT2D eigenvalue weighted by atomic mass is 10.2. The molecule has 1 aromatic rings. The zero-order valence-corrected chi connectivity index (χ0v) is 12.0. The van der Waals surface area contributed by atoms with Crippen LogP contribution >= 0.6 is 0 Å². The van der Waals surface area contributed by atoms with Crippen LogP contribution in [0.25, 0.3) is 0 Å². The summed E-state index contributed by atoms with van der Waals surface area (Å²) in [6, 6.07) is 8.49. The minimum absolute atomic E-state index is 0.0997. The van der Waals surface area contributed by atoms with Gasteiger partial charge in [0.1, 0.15) is 0 Å². The molecule has 0 aliphatic carbocycles. The molecule has 0 aliphatic rings. The molecule has 0 fully saturated rings. The molecule has 106 valence electrons. The van der Waals surface area contributed by atoms with Gasteiger partial charge in [-0.2, -0.15) is 0 Å². The van der Waals surface area contributed by atoms with E-state index in [1.165, 1.54) is 11.3 Å². The van der Waals surface area contributed by atoms with Crippen LogP contribution < -0.4 is 16.0 Å². The molecule has 0 atom stereocenters. The van der Waals surface area contributed by atoms with Crippen LogP contribution in [0.3, 0.4) is 0 Å². The first-order valence-corrected chi connectivity index (χ1v) is 6.89. The Balaban J connectivity index is 2.55. The third kappa shape index (κ3) is 5.75. The number of aryl methyl sites for hydroxylation is 1. The predicted molar refractivity (Wildman–Crippen MR) is 80.4 cm³/mol. The number of benzene rings is 1. The van der Waals surface area contributed by atoms with E-state index in [1.54, 1.807) is 7.05 Å². The summed E-state index contributed by atoms with van der Waals surface area (Å²) in [5.41, 5.74) is 8.05. The maximum Gasteiger partial charge on any atom is 0.219 e. The van der Waals surface area contributed by atoms with Gasteiger partial charge in [0.05, 0.1) is 0 Å². The highest BCUT2D eigenvalue weighted by atomic mass is 16.1. The Morgan fingerprint density at radius 3 is 2.42 bits per heavy atom. The average molecular weight is 263 g/mol. The van der Waals surface area contributed by atoms with Crippen LogP contribution in [0, 0.1) is 6.92 Å². The molecule has 0 saturated carbocycles. The summed E-state index contributed by atoms with van der Waals surface area (Å²) >= 11 is 0. The van der Waals surface area contributed by atoms with Crippen LogP contribution in [0.4, 0.5) is 5.69 Å². The molecule has 4 heteroatoms. The Hall–Kier alpha value is -1.55. The first-order chi connectivity index (χ1) is 9.17. The molecule has 0 radical (unpaired) electrons. The molecule has 1 amide bonds. The van der Waals surface area contributed by atoms with Crippen LogP contribution in [0.5, 0.6) is 0 Å². The largest absolute Gasteiger partial charge is 0.371 e. The molecule has 4 nitrogen and oxygen atoms in total. The number of rotatable bonds is 8.